The summed E-state index contributed by atoms with van der Waals surface area (Å²) in [7, 11) is 3.75. The largest absolute Gasteiger partial charge is 0.324 e. The van der Waals surface area contributed by atoms with Crippen molar-refractivity contribution in [2.24, 2.45) is 0 Å². The number of amides is 2. The van der Waals surface area contributed by atoms with E-state index in [9.17, 15) is 4.79 Å². The molecule has 6 rings (SSSR count). The Kier molecular flexibility index (Phi) is 3.81. The Balaban J connectivity index is 1.78. The minimum atomic E-state index is -0.0513. The number of benzene rings is 4. The molecule has 4 aromatic rings. The minimum Gasteiger partial charge on any atom is -0.317 e. The third-order valence-corrected chi connectivity index (χ3v) is 6.64. The number of nitrogens with zero attached hydrogens (tertiary/aromatic N) is 2. The van der Waals surface area contributed by atoms with Gasteiger partial charge in [-0.1, -0.05) is 78.9 Å². The van der Waals surface area contributed by atoms with Crippen molar-refractivity contribution in [1.29, 1.82) is 0 Å². The van der Waals surface area contributed by atoms with Gasteiger partial charge in [0.05, 0.1) is 11.7 Å². The third-order valence-electron chi connectivity index (χ3n) is 6.64. The van der Waals surface area contributed by atoms with Gasteiger partial charge in [0.15, 0.2) is 0 Å². The number of rotatable bonds is 2. The molecule has 1 heterocycles. The molecule has 0 radical (unpaired) electrons. The van der Waals surface area contributed by atoms with Crippen molar-refractivity contribution >= 4 is 28.6 Å². The van der Waals surface area contributed by atoms with Crippen LogP contribution in [0.15, 0.2) is 84.9 Å². The summed E-state index contributed by atoms with van der Waals surface area (Å²) in [5, 5.41) is 2.47. The van der Waals surface area contributed by atoms with E-state index in [1.165, 1.54) is 44.2 Å². The van der Waals surface area contributed by atoms with E-state index in [-0.39, 0.29) is 12.1 Å². The lowest BCUT2D eigenvalue weighted by atomic mass is 9.80. The molecule has 1 atom stereocenters. The standard InChI is InChI=1S/C28H22N2O/c1-29-24-15-13-20-22(18-9-5-3-6-10-18)17-23(19-11-7-4-8-12-19)21-14-16-25(27(24)26(20)21)30(2)28(29)31/h3-17,24H,1-2H3. The van der Waals surface area contributed by atoms with Crippen LogP contribution in [0.25, 0.3) is 39.1 Å². The smallest absolute Gasteiger partial charge is 0.317 e. The summed E-state index contributed by atoms with van der Waals surface area (Å²) in [6.45, 7) is 0. The van der Waals surface area contributed by atoms with Crippen LogP contribution < -0.4 is 4.90 Å². The summed E-state index contributed by atoms with van der Waals surface area (Å²) in [6, 6.07) is 27.7. The van der Waals surface area contributed by atoms with Crippen molar-refractivity contribution < 1.29 is 4.79 Å². The number of hydrogen-bond acceptors (Lipinski definition) is 1. The zero-order valence-electron chi connectivity index (χ0n) is 17.5. The molecule has 150 valence electrons. The van der Waals surface area contributed by atoms with Gasteiger partial charge in [0, 0.05) is 19.7 Å². The first-order valence-corrected chi connectivity index (χ1v) is 10.6. The molecule has 3 nitrogen and oxygen atoms in total. The van der Waals surface area contributed by atoms with Crippen LogP contribution in [0.1, 0.15) is 17.2 Å². The predicted molar refractivity (Wildman–Crippen MR) is 128 cm³/mol. The Morgan fingerprint density at radius 2 is 1.42 bits per heavy atom. The molecular weight excluding hydrogens is 380 g/mol. The predicted octanol–water partition coefficient (Wildman–Crippen LogP) is 6.74. The SMILES string of the molecule is CN1C(=O)N(C)C2C=Cc3c(-c4ccccc4)cc(-c4ccccc4)c4ccc1c2c34. The molecule has 1 aliphatic heterocycles. The fourth-order valence-corrected chi connectivity index (χ4v) is 5.10. The van der Waals surface area contributed by atoms with E-state index in [2.05, 4.69) is 91.0 Å². The molecule has 2 amide bonds. The second kappa shape index (κ2) is 6.58. The van der Waals surface area contributed by atoms with E-state index in [1.54, 1.807) is 4.90 Å². The molecule has 0 saturated heterocycles. The first-order chi connectivity index (χ1) is 15.1. The molecule has 4 aromatic carbocycles. The Bertz CT molecular complexity index is 1370. The highest BCUT2D eigenvalue weighted by molar-refractivity contribution is 6.12. The summed E-state index contributed by atoms with van der Waals surface area (Å²) in [6.07, 6.45) is 4.37. The van der Waals surface area contributed by atoms with Gasteiger partial charge in [-0.05, 0) is 50.7 Å². The highest BCUT2D eigenvalue weighted by atomic mass is 16.2. The molecule has 31 heavy (non-hydrogen) atoms. The lowest BCUT2D eigenvalue weighted by molar-refractivity contribution is 0.204. The molecule has 0 saturated carbocycles. The minimum absolute atomic E-state index is 0.0208. The number of hydrogen-bond donors (Lipinski definition) is 0. The first-order valence-electron chi connectivity index (χ1n) is 10.6. The van der Waals surface area contributed by atoms with Gasteiger partial charge in [0.1, 0.15) is 0 Å². The zero-order chi connectivity index (χ0) is 21.1. The van der Waals surface area contributed by atoms with Crippen LogP contribution in [-0.4, -0.2) is 25.0 Å². The molecule has 1 unspecified atom stereocenters. The van der Waals surface area contributed by atoms with Gasteiger partial charge in [-0.25, -0.2) is 4.79 Å². The molecule has 0 aromatic heterocycles. The lowest BCUT2D eigenvalue weighted by Gasteiger charge is -2.40. The monoisotopic (exact) mass is 402 g/mol. The summed E-state index contributed by atoms with van der Waals surface area (Å²) in [5.41, 5.74) is 8.28. The molecule has 0 spiro atoms. The van der Waals surface area contributed by atoms with Gasteiger partial charge < -0.3 is 4.90 Å². The van der Waals surface area contributed by atoms with Crippen molar-refractivity contribution in [3.63, 3.8) is 0 Å². The average Bonchev–Trinajstić information content (AvgIpc) is 2.83. The second-order valence-electron chi connectivity index (χ2n) is 8.29. The van der Waals surface area contributed by atoms with Crippen molar-refractivity contribution in [2.75, 3.05) is 19.0 Å². The topological polar surface area (TPSA) is 23.6 Å². The summed E-state index contributed by atoms with van der Waals surface area (Å²) < 4.78 is 0. The molecule has 0 bridgehead atoms. The highest BCUT2D eigenvalue weighted by Crippen LogP contribution is 2.49. The normalized spacial score (nSPS) is 16.8. The van der Waals surface area contributed by atoms with Crippen LogP contribution >= 0.6 is 0 Å². The van der Waals surface area contributed by atoms with Crippen molar-refractivity contribution in [1.82, 2.24) is 4.90 Å². The fraction of sp³-hybridized carbons (Fsp3) is 0.107. The van der Waals surface area contributed by atoms with Gasteiger partial charge >= 0.3 is 6.03 Å². The number of anilines is 1. The average molecular weight is 402 g/mol. The van der Waals surface area contributed by atoms with Gasteiger partial charge in [-0.3, -0.25) is 4.90 Å². The van der Waals surface area contributed by atoms with E-state index >= 15 is 0 Å². The van der Waals surface area contributed by atoms with Crippen LogP contribution in [0.2, 0.25) is 0 Å². The Labute approximate surface area is 181 Å². The fourth-order valence-electron chi connectivity index (χ4n) is 5.10. The van der Waals surface area contributed by atoms with Crippen LogP contribution in [0.5, 0.6) is 0 Å². The van der Waals surface area contributed by atoms with Crippen LogP contribution in [0.4, 0.5) is 10.5 Å². The number of carbonyl (C=O) groups is 1. The van der Waals surface area contributed by atoms with Crippen molar-refractivity contribution in [3.05, 3.63) is 96.1 Å². The molecular formula is C28H22N2O. The van der Waals surface area contributed by atoms with Crippen LogP contribution in [0, 0.1) is 0 Å². The number of urea groups is 1. The van der Waals surface area contributed by atoms with E-state index in [4.69, 9.17) is 0 Å². The lowest BCUT2D eigenvalue weighted by Crippen LogP contribution is -2.45. The van der Waals surface area contributed by atoms with Gasteiger partial charge in [0.2, 0.25) is 0 Å². The third kappa shape index (κ3) is 2.50. The molecule has 0 fully saturated rings. The second-order valence-corrected chi connectivity index (χ2v) is 8.29. The quantitative estimate of drug-likeness (QED) is 0.364. The van der Waals surface area contributed by atoms with Crippen molar-refractivity contribution in [3.8, 4) is 22.3 Å². The maximum Gasteiger partial charge on any atom is 0.324 e. The zero-order valence-corrected chi connectivity index (χ0v) is 17.5. The van der Waals surface area contributed by atoms with Gasteiger partial charge in [0.25, 0.3) is 0 Å². The number of likely N-dealkylation sites (N-methyl/N-ethyl adjacent to an activating group) is 1. The van der Waals surface area contributed by atoms with Crippen molar-refractivity contribution in [2.45, 2.75) is 6.04 Å². The molecule has 1 aliphatic carbocycles. The summed E-state index contributed by atoms with van der Waals surface area (Å²) in [4.78, 5) is 16.4. The van der Waals surface area contributed by atoms with Gasteiger partial charge in [-0.15, -0.1) is 0 Å². The summed E-state index contributed by atoms with van der Waals surface area (Å²) in [5.74, 6) is 0. The first kappa shape index (κ1) is 18.0. The number of carbonyl (C=O) groups excluding carboxylic acids is 1. The van der Waals surface area contributed by atoms with Crippen LogP contribution in [-0.2, 0) is 0 Å². The molecule has 0 N–H and O–H groups in total. The van der Waals surface area contributed by atoms with Crippen LogP contribution in [0.3, 0.4) is 0 Å². The maximum absolute atomic E-state index is 12.8. The Hall–Kier alpha value is -3.85. The Morgan fingerprint density at radius 1 is 0.774 bits per heavy atom. The van der Waals surface area contributed by atoms with E-state index in [0.717, 1.165) is 5.69 Å². The van der Waals surface area contributed by atoms with E-state index in [0.29, 0.717) is 0 Å². The molecule has 3 heteroatoms. The Morgan fingerprint density at radius 3 is 2.10 bits per heavy atom. The maximum atomic E-state index is 12.8. The molecule has 2 aliphatic rings. The van der Waals surface area contributed by atoms with Gasteiger partial charge in [-0.2, -0.15) is 0 Å². The van der Waals surface area contributed by atoms with E-state index < -0.39 is 0 Å². The summed E-state index contributed by atoms with van der Waals surface area (Å²) >= 11 is 0. The highest BCUT2D eigenvalue weighted by Gasteiger charge is 2.36. The van der Waals surface area contributed by atoms with E-state index in [1.807, 2.05) is 19.0 Å².